The minimum absolute atomic E-state index is 0.0172. The summed E-state index contributed by atoms with van der Waals surface area (Å²) in [6.07, 6.45) is 2.46. The van der Waals surface area contributed by atoms with Crippen molar-refractivity contribution in [3.8, 4) is 5.75 Å². The third kappa shape index (κ3) is 2.98. The van der Waals surface area contributed by atoms with Crippen molar-refractivity contribution < 1.29 is 14.3 Å². The number of aromatic amines is 1. The van der Waals surface area contributed by atoms with Crippen LogP contribution in [0.1, 0.15) is 52.8 Å². The van der Waals surface area contributed by atoms with E-state index in [9.17, 15) is 4.79 Å². The summed E-state index contributed by atoms with van der Waals surface area (Å²) in [6, 6.07) is 6.18. The fourth-order valence-corrected chi connectivity index (χ4v) is 4.03. The number of nitrogens with zero attached hydrogens (tertiary/aromatic N) is 2. The monoisotopic (exact) mass is 355 g/mol. The Morgan fingerprint density at radius 3 is 2.81 bits per heavy atom. The fraction of sp³-hybridized carbons (Fsp3) is 0.500. The molecule has 0 radical (unpaired) electrons. The number of aromatic nitrogens is 2. The van der Waals surface area contributed by atoms with Crippen LogP contribution in [-0.2, 0) is 24.0 Å². The lowest BCUT2D eigenvalue weighted by Gasteiger charge is -2.26. The van der Waals surface area contributed by atoms with Gasteiger partial charge in [-0.1, -0.05) is 6.07 Å². The van der Waals surface area contributed by atoms with Crippen LogP contribution in [0, 0.1) is 0 Å². The molecule has 1 N–H and O–H groups in total. The maximum atomic E-state index is 13.2. The number of rotatable bonds is 2. The van der Waals surface area contributed by atoms with Crippen molar-refractivity contribution in [2.75, 3.05) is 20.2 Å². The summed E-state index contributed by atoms with van der Waals surface area (Å²) in [5, 5.41) is 7.37. The zero-order valence-corrected chi connectivity index (χ0v) is 15.5. The van der Waals surface area contributed by atoms with Crippen LogP contribution in [-0.4, -0.2) is 47.3 Å². The molecular formula is C20H25N3O3. The number of H-pyrrole nitrogens is 1. The van der Waals surface area contributed by atoms with E-state index in [4.69, 9.17) is 9.47 Å². The standard InChI is InChI=1S/C20H25N3O3/c1-12-10-17-18(13(2)26-12)21-22-19(17)20(24)23-8-6-14-4-5-16(25-3)11-15(14)7-9-23/h4-5,11-13H,6-10H2,1-3H3,(H,21,22)/t12-,13+/m0/s1. The van der Waals surface area contributed by atoms with Crippen molar-refractivity contribution >= 4 is 5.91 Å². The van der Waals surface area contributed by atoms with Crippen LogP contribution >= 0.6 is 0 Å². The van der Waals surface area contributed by atoms with Crippen LogP contribution in [0.5, 0.6) is 5.75 Å². The molecule has 0 bridgehead atoms. The number of fused-ring (bicyclic) bond motifs is 2. The van der Waals surface area contributed by atoms with Gasteiger partial charge in [-0.3, -0.25) is 9.89 Å². The van der Waals surface area contributed by atoms with Gasteiger partial charge in [0.2, 0.25) is 0 Å². The van der Waals surface area contributed by atoms with Gasteiger partial charge in [-0.25, -0.2) is 0 Å². The Bertz CT molecular complexity index is 830. The number of ether oxygens (including phenoxy) is 2. The van der Waals surface area contributed by atoms with Gasteiger partial charge in [0.25, 0.3) is 5.91 Å². The van der Waals surface area contributed by atoms with Crippen molar-refractivity contribution in [1.29, 1.82) is 0 Å². The first-order valence-corrected chi connectivity index (χ1v) is 9.24. The van der Waals surface area contributed by atoms with Crippen LogP contribution in [0.25, 0.3) is 0 Å². The Morgan fingerprint density at radius 1 is 1.27 bits per heavy atom. The number of hydrogen-bond acceptors (Lipinski definition) is 4. The van der Waals surface area contributed by atoms with Crippen LogP contribution < -0.4 is 4.74 Å². The Balaban J connectivity index is 1.55. The summed E-state index contributed by atoms with van der Waals surface area (Å²) in [5.41, 5.74) is 5.07. The molecule has 3 heterocycles. The maximum absolute atomic E-state index is 13.2. The molecule has 2 aliphatic rings. The van der Waals surface area contributed by atoms with Gasteiger partial charge in [0, 0.05) is 25.1 Å². The highest BCUT2D eigenvalue weighted by Gasteiger charge is 2.31. The third-order valence-electron chi connectivity index (χ3n) is 5.44. The first-order chi connectivity index (χ1) is 12.6. The molecule has 0 unspecified atom stereocenters. The fourth-order valence-electron chi connectivity index (χ4n) is 4.03. The minimum atomic E-state index is -0.0522. The summed E-state index contributed by atoms with van der Waals surface area (Å²) in [6.45, 7) is 5.44. The van der Waals surface area contributed by atoms with Crippen LogP contribution in [0.3, 0.4) is 0 Å². The molecule has 0 saturated heterocycles. The number of hydrogen-bond donors (Lipinski definition) is 1. The number of carbonyl (C=O) groups excluding carboxylic acids is 1. The molecule has 6 nitrogen and oxygen atoms in total. The molecule has 1 amide bonds. The van der Waals surface area contributed by atoms with E-state index in [1.165, 1.54) is 11.1 Å². The number of methoxy groups -OCH3 is 1. The lowest BCUT2D eigenvalue weighted by Crippen LogP contribution is -2.34. The van der Waals surface area contributed by atoms with Gasteiger partial charge >= 0.3 is 0 Å². The van der Waals surface area contributed by atoms with Crippen molar-refractivity contribution in [2.45, 2.75) is 45.3 Å². The van der Waals surface area contributed by atoms with Gasteiger partial charge in [-0.05, 0) is 49.9 Å². The lowest BCUT2D eigenvalue weighted by atomic mass is 9.99. The second-order valence-electron chi connectivity index (χ2n) is 7.18. The van der Waals surface area contributed by atoms with Crippen LogP contribution in [0.4, 0.5) is 0 Å². The first-order valence-electron chi connectivity index (χ1n) is 9.24. The Hall–Kier alpha value is -2.34. The van der Waals surface area contributed by atoms with Crippen molar-refractivity contribution in [3.05, 3.63) is 46.3 Å². The SMILES string of the molecule is COc1ccc2c(c1)CCN(C(=O)c1n[nH]c3c1C[C@H](C)O[C@@H]3C)CC2. The van der Waals surface area contributed by atoms with Gasteiger partial charge in [0.15, 0.2) is 5.69 Å². The molecule has 2 atom stereocenters. The zero-order chi connectivity index (χ0) is 18.3. The molecule has 6 heteroatoms. The van der Waals surface area contributed by atoms with E-state index in [-0.39, 0.29) is 18.1 Å². The molecule has 1 aromatic heterocycles. The Morgan fingerprint density at radius 2 is 2.04 bits per heavy atom. The van der Waals surface area contributed by atoms with E-state index in [0.717, 1.165) is 36.3 Å². The molecule has 2 aliphatic heterocycles. The average molecular weight is 355 g/mol. The van der Waals surface area contributed by atoms with E-state index in [1.807, 2.05) is 24.8 Å². The van der Waals surface area contributed by atoms with Gasteiger partial charge < -0.3 is 14.4 Å². The number of amides is 1. The highest BCUT2D eigenvalue weighted by Crippen LogP contribution is 2.31. The van der Waals surface area contributed by atoms with Gasteiger partial charge in [0.1, 0.15) is 5.75 Å². The topological polar surface area (TPSA) is 67.5 Å². The largest absolute Gasteiger partial charge is 0.497 e. The normalized spacial score (nSPS) is 22.3. The molecule has 26 heavy (non-hydrogen) atoms. The first kappa shape index (κ1) is 17.1. The Labute approximate surface area is 153 Å². The summed E-state index contributed by atoms with van der Waals surface area (Å²) < 4.78 is 11.2. The summed E-state index contributed by atoms with van der Waals surface area (Å²) in [5.74, 6) is 0.886. The molecule has 4 rings (SSSR count). The molecule has 0 spiro atoms. The lowest BCUT2D eigenvalue weighted by molar-refractivity contribution is -0.00701. The zero-order valence-electron chi connectivity index (χ0n) is 15.5. The third-order valence-corrected chi connectivity index (χ3v) is 5.44. The second-order valence-corrected chi connectivity index (χ2v) is 7.18. The van der Waals surface area contributed by atoms with E-state index in [0.29, 0.717) is 18.8 Å². The van der Waals surface area contributed by atoms with Gasteiger partial charge in [-0.15, -0.1) is 0 Å². The van der Waals surface area contributed by atoms with E-state index in [1.54, 1.807) is 7.11 Å². The van der Waals surface area contributed by atoms with Crippen LogP contribution in [0.15, 0.2) is 18.2 Å². The number of benzene rings is 1. The van der Waals surface area contributed by atoms with E-state index in [2.05, 4.69) is 22.3 Å². The molecule has 0 saturated carbocycles. The molecule has 138 valence electrons. The smallest absolute Gasteiger partial charge is 0.274 e. The number of nitrogens with one attached hydrogen (secondary N) is 1. The summed E-state index contributed by atoms with van der Waals surface area (Å²) in [4.78, 5) is 15.1. The molecular weight excluding hydrogens is 330 g/mol. The van der Waals surface area contributed by atoms with Crippen molar-refractivity contribution in [3.63, 3.8) is 0 Å². The maximum Gasteiger partial charge on any atom is 0.274 e. The molecule has 0 aliphatic carbocycles. The van der Waals surface area contributed by atoms with Crippen molar-refractivity contribution in [2.24, 2.45) is 0 Å². The van der Waals surface area contributed by atoms with Gasteiger partial charge in [-0.2, -0.15) is 5.10 Å². The van der Waals surface area contributed by atoms with E-state index >= 15 is 0 Å². The molecule has 1 aromatic carbocycles. The minimum Gasteiger partial charge on any atom is -0.497 e. The average Bonchev–Trinajstić information content (AvgIpc) is 2.93. The van der Waals surface area contributed by atoms with E-state index < -0.39 is 0 Å². The van der Waals surface area contributed by atoms with Gasteiger partial charge in [0.05, 0.1) is 25.0 Å². The Kier molecular flexibility index (Phi) is 4.44. The van der Waals surface area contributed by atoms with Crippen molar-refractivity contribution in [1.82, 2.24) is 15.1 Å². The number of carbonyl (C=O) groups is 1. The predicted octanol–water partition coefficient (Wildman–Crippen LogP) is 2.68. The summed E-state index contributed by atoms with van der Waals surface area (Å²) in [7, 11) is 1.68. The summed E-state index contributed by atoms with van der Waals surface area (Å²) >= 11 is 0. The highest BCUT2D eigenvalue weighted by atomic mass is 16.5. The highest BCUT2D eigenvalue weighted by molar-refractivity contribution is 5.94. The predicted molar refractivity (Wildman–Crippen MR) is 97.6 cm³/mol. The molecule has 2 aromatic rings. The van der Waals surface area contributed by atoms with Crippen LogP contribution in [0.2, 0.25) is 0 Å². The molecule has 0 fully saturated rings. The quantitative estimate of drug-likeness (QED) is 0.899. The second kappa shape index (κ2) is 6.76.